The maximum absolute atomic E-state index is 4.39. The summed E-state index contributed by atoms with van der Waals surface area (Å²) in [6.07, 6.45) is 6.11. The molecule has 1 aromatic carbocycles. The molecule has 4 heteroatoms. The number of nitrogens with one attached hydrogen (secondary N) is 1. The number of nitrogens with zero attached hydrogens (tertiary/aromatic N) is 3. The van der Waals surface area contributed by atoms with Crippen molar-refractivity contribution in [1.29, 1.82) is 0 Å². The van der Waals surface area contributed by atoms with Gasteiger partial charge in [-0.1, -0.05) is 12.1 Å². The van der Waals surface area contributed by atoms with E-state index in [9.17, 15) is 0 Å². The number of benzene rings is 1. The van der Waals surface area contributed by atoms with Gasteiger partial charge in [-0.05, 0) is 36.9 Å². The maximum Gasteiger partial charge on any atom is 0.0890 e. The molecular formula is C16H16N4. The highest BCUT2D eigenvalue weighted by Gasteiger charge is 2.11. The van der Waals surface area contributed by atoms with Gasteiger partial charge in [-0.15, -0.1) is 0 Å². The molecule has 100 valence electrons. The molecule has 0 saturated heterocycles. The molecule has 0 spiro atoms. The predicted octanol–water partition coefficient (Wildman–Crippen LogP) is 2.53. The lowest BCUT2D eigenvalue weighted by atomic mass is 10.0. The second kappa shape index (κ2) is 5.75. The standard InChI is InChI=1S/C16H16N4/c1-17-15(11-13-4-2-3-7-18-13)12-5-6-14-16(10-12)20-9-8-19-14/h2-10,15,17H,11H2,1H3. The van der Waals surface area contributed by atoms with Crippen molar-refractivity contribution in [3.8, 4) is 0 Å². The molecule has 2 aromatic heterocycles. The number of pyridine rings is 1. The van der Waals surface area contributed by atoms with Crippen LogP contribution in [0, 0.1) is 0 Å². The van der Waals surface area contributed by atoms with Crippen LogP contribution in [0.5, 0.6) is 0 Å². The average molecular weight is 264 g/mol. The van der Waals surface area contributed by atoms with Crippen molar-refractivity contribution in [3.05, 3.63) is 66.2 Å². The van der Waals surface area contributed by atoms with Gasteiger partial charge in [-0.25, -0.2) is 0 Å². The number of aromatic nitrogens is 3. The zero-order valence-corrected chi connectivity index (χ0v) is 11.3. The Bertz CT molecular complexity index is 697. The monoisotopic (exact) mass is 264 g/mol. The van der Waals surface area contributed by atoms with Crippen LogP contribution in [0.1, 0.15) is 17.3 Å². The average Bonchev–Trinajstić information content (AvgIpc) is 2.53. The number of likely N-dealkylation sites (N-methyl/N-ethyl adjacent to an activating group) is 1. The lowest BCUT2D eigenvalue weighted by molar-refractivity contribution is 0.585. The smallest absolute Gasteiger partial charge is 0.0890 e. The summed E-state index contributed by atoms with van der Waals surface area (Å²) in [5, 5.41) is 3.34. The first-order valence-electron chi connectivity index (χ1n) is 6.64. The highest BCUT2D eigenvalue weighted by Crippen LogP contribution is 2.20. The van der Waals surface area contributed by atoms with E-state index in [0.717, 1.165) is 23.1 Å². The summed E-state index contributed by atoms with van der Waals surface area (Å²) in [4.78, 5) is 13.0. The normalized spacial score (nSPS) is 12.4. The van der Waals surface area contributed by atoms with Crippen molar-refractivity contribution in [2.75, 3.05) is 7.05 Å². The van der Waals surface area contributed by atoms with Crippen LogP contribution in [0.15, 0.2) is 55.0 Å². The van der Waals surface area contributed by atoms with E-state index in [1.807, 2.05) is 37.5 Å². The van der Waals surface area contributed by atoms with Gasteiger partial charge in [0.2, 0.25) is 0 Å². The van der Waals surface area contributed by atoms with Crippen molar-refractivity contribution < 1.29 is 0 Å². The van der Waals surface area contributed by atoms with Gasteiger partial charge in [0.1, 0.15) is 0 Å². The van der Waals surface area contributed by atoms with Gasteiger partial charge in [0.25, 0.3) is 0 Å². The van der Waals surface area contributed by atoms with E-state index in [1.54, 1.807) is 12.4 Å². The molecule has 0 amide bonds. The lowest BCUT2D eigenvalue weighted by Crippen LogP contribution is -2.19. The van der Waals surface area contributed by atoms with Gasteiger partial charge in [0.15, 0.2) is 0 Å². The van der Waals surface area contributed by atoms with E-state index in [2.05, 4.69) is 32.4 Å². The van der Waals surface area contributed by atoms with Crippen LogP contribution in [0.25, 0.3) is 11.0 Å². The summed E-state index contributed by atoms with van der Waals surface area (Å²) in [7, 11) is 1.97. The molecular weight excluding hydrogens is 248 g/mol. The Morgan fingerprint density at radius 1 is 0.950 bits per heavy atom. The number of hydrogen-bond acceptors (Lipinski definition) is 4. The zero-order chi connectivity index (χ0) is 13.8. The number of rotatable bonds is 4. The van der Waals surface area contributed by atoms with Crippen LogP contribution in [-0.2, 0) is 6.42 Å². The third-order valence-electron chi connectivity index (χ3n) is 3.38. The van der Waals surface area contributed by atoms with Gasteiger partial charge >= 0.3 is 0 Å². The fraction of sp³-hybridized carbons (Fsp3) is 0.188. The molecule has 3 aromatic rings. The summed E-state index contributed by atoms with van der Waals surface area (Å²) >= 11 is 0. The van der Waals surface area contributed by atoms with Gasteiger partial charge < -0.3 is 5.32 Å². The molecule has 0 aliphatic carbocycles. The molecule has 1 atom stereocenters. The fourth-order valence-electron chi connectivity index (χ4n) is 2.31. The fourth-order valence-corrected chi connectivity index (χ4v) is 2.31. The van der Waals surface area contributed by atoms with Crippen LogP contribution in [0.2, 0.25) is 0 Å². The molecule has 1 unspecified atom stereocenters. The van der Waals surface area contributed by atoms with E-state index in [4.69, 9.17) is 0 Å². The highest BCUT2D eigenvalue weighted by molar-refractivity contribution is 5.74. The van der Waals surface area contributed by atoms with E-state index < -0.39 is 0 Å². The molecule has 2 heterocycles. The molecule has 0 aliphatic rings. The predicted molar refractivity (Wildman–Crippen MR) is 79.3 cm³/mol. The summed E-state index contributed by atoms with van der Waals surface area (Å²) in [5.74, 6) is 0. The molecule has 0 radical (unpaired) electrons. The summed E-state index contributed by atoms with van der Waals surface area (Å²) in [6, 6.07) is 12.4. The zero-order valence-electron chi connectivity index (χ0n) is 11.3. The first-order valence-corrected chi connectivity index (χ1v) is 6.64. The topological polar surface area (TPSA) is 50.7 Å². The minimum atomic E-state index is 0.219. The first-order chi connectivity index (χ1) is 9.86. The molecule has 0 fully saturated rings. The summed E-state index contributed by atoms with van der Waals surface area (Å²) in [5.41, 5.74) is 4.12. The van der Waals surface area contributed by atoms with Crippen molar-refractivity contribution in [3.63, 3.8) is 0 Å². The second-order valence-corrected chi connectivity index (χ2v) is 4.67. The molecule has 3 rings (SSSR count). The van der Waals surface area contributed by atoms with Gasteiger partial charge in [-0.3, -0.25) is 15.0 Å². The SMILES string of the molecule is CNC(Cc1ccccn1)c1ccc2nccnc2c1. The van der Waals surface area contributed by atoms with Gasteiger partial charge in [-0.2, -0.15) is 0 Å². The highest BCUT2D eigenvalue weighted by atomic mass is 14.9. The Morgan fingerprint density at radius 3 is 2.55 bits per heavy atom. The van der Waals surface area contributed by atoms with Gasteiger partial charge in [0.05, 0.1) is 11.0 Å². The third-order valence-corrected chi connectivity index (χ3v) is 3.38. The Kier molecular flexibility index (Phi) is 3.65. The minimum Gasteiger partial charge on any atom is -0.313 e. The quantitative estimate of drug-likeness (QED) is 0.786. The first kappa shape index (κ1) is 12.7. The summed E-state index contributed by atoms with van der Waals surface area (Å²) in [6.45, 7) is 0. The lowest BCUT2D eigenvalue weighted by Gasteiger charge is -2.16. The number of hydrogen-bond donors (Lipinski definition) is 1. The van der Waals surface area contributed by atoms with Crippen molar-refractivity contribution in [2.45, 2.75) is 12.5 Å². The van der Waals surface area contributed by atoms with Crippen molar-refractivity contribution in [1.82, 2.24) is 20.3 Å². The Balaban J connectivity index is 1.91. The van der Waals surface area contributed by atoms with Crippen molar-refractivity contribution >= 4 is 11.0 Å². The molecule has 1 N–H and O–H groups in total. The summed E-state index contributed by atoms with van der Waals surface area (Å²) < 4.78 is 0. The van der Waals surface area contributed by atoms with Crippen LogP contribution in [0.3, 0.4) is 0 Å². The molecule has 20 heavy (non-hydrogen) atoms. The van der Waals surface area contributed by atoms with E-state index in [0.29, 0.717) is 0 Å². The van der Waals surface area contributed by atoms with Crippen LogP contribution in [-0.4, -0.2) is 22.0 Å². The van der Waals surface area contributed by atoms with E-state index >= 15 is 0 Å². The van der Waals surface area contributed by atoms with E-state index in [1.165, 1.54) is 5.56 Å². The molecule has 4 nitrogen and oxygen atoms in total. The third kappa shape index (κ3) is 2.65. The second-order valence-electron chi connectivity index (χ2n) is 4.67. The molecule has 0 aliphatic heterocycles. The maximum atomic E-state index is 4.39. The Labute approximate surface area is 117 Å². The molecule has 0 saturated carbocycles. The van der Waals surface area contributed by atoms with E-state index in [-0.39, 0.29) is 6.04 Å². The minimum absolute atomic E-state index is 0.219. The Morgan fingerprint density at radius 2 is 1.80 bits per heavy atom. The van der Waals surface area contributed by atoms with Crippen LogP contribution < -0.4 is 5.32 Å². The number of fused-ring (bicyclic) bond motifs is 1. The van der Waals surface area contributed by atoms with Crippen molar-refractivity contribution in [2.24, 2.45) is 0 Å². The van der Waals surface area contributed by atoms with Crippen LogP contribution >= 0.6 is 0 Å². The van der Waals surface area contributed by atoms with Crippen LogP contribution in [0.4, 0.5) is 0 Å². The van der Waals surface area contributed by atoms with Gasteiger partial charge in [0, 0.05) is 36.7 Å². The largest absolute Gasteiger partial charge is 0.313 e. The molecule has 0 bridgehead atoms. The Hall–Kier alpha value is -2.33.